The Bertz CT molecular complexity index is 1140. The number of aromatic nitrogens is 3. The number of nitrogens with zero attached hydrogens (tertiary/aromatic N) is 4. The van der Waals surface area contributed by atoms with Gasteiger partial charge >= 0.3 is 0 Å². The van der Waals surface area contributed by atoms with Crippen LogP contribution in [0.25, 0.3) is 16.6 Å². The van der Waals surface area contributed by atoms with Crippen LogP contribution in [-0.2, 0) is 0 Å². The number of fused-ring (bicyclic) bond motifs is 4. The molecule has 2 aromatic carbocycles. The van der Waals surface area contributed by atoms with E-state index in [0.29, 0.717) is 13.2 Å². The molecule has 0 amide bonds. The Hall–Kier alpha value is -3.28. The zero-order chi connectivity index (χ0) is 18.4. The minimum atomic E-state index is -0.0617. The van der Waals surface area contributed by atoms with Gasteiger partial charge in [0, 0.05) is 18.5 Å². The zero-order valence-electron chi connectivity index (χ0n) is 15.3. The normalized spacial score (nSPS) is 16.0. The third-order valence-electron chi connectivity index (χ3n) is 4.81. The van der Waals surface area contributed by atoms with Crippen LogP contribution in [0.3, 0.4) is 0 Å². The Morgan fingerprint density at radius 2 is 1.89 bits per heavy atom. The van der Waals surface area contributed by atoms with Gasteiger partial charge in [-0.25, -0.2) is 9.50 Å². The van der Waals surface area contributed by atoms with Crippen LogP contribution >= 0.6 is 0 Å². The summed E-state index contributed by atoms with van der Waals surface area (Å²) in [6.07, 6.45) is -0.0617. The molecule has 0 N–H and O–H groups in total. The third kappa shape index (κ3) is 2.73. The van der Waals surface area contributed by atoms with Gasteiger partial charge in [0.2, 0.25) is 0 Å². The highest BCUT2D eigenvalue weighted by molar-refractivity contribution is 5.91. The minimum Gasteiger partial charge on any atom is -0.486 e. The molecule has 6 heteroatoms. The molecule has 0 spiro atoms. The molecule has 1 atom stereocenters. The summed E-state index contributed by atoms with van der Waals surface area (Å²) in [4.78, 5) is 7.00. The predicted octanol–water partition coefficient (Wildman–Crippen LogP) is 3.47. The molecule has 0 bridgehead atoms. The van der Waals surface area contributed by atoms with Crippen molar-refractivity contribution in [2.75, 3.05) is 25.1 Å². The number of benzene rings is 2. The summed E-state index contributed by atoms with van der Waals surface area (Å²) in [6.45, 7) is 3.18. The van der Waals surface area contributed by atoms with Gasteiger partial charge in [-0.05, 0) is 31.2 Å². The molecule has 0 saturated heterocycles. The predicted molar refractivity (Wildman–Crippen MR) is 105 cm³/mol. The molecule has 3 heterocycles. The molecule has 27 heavy (non-hydrogen) atoms. The number of para-hydroxylation sites is 3. The van der Waals surface area contributed by atoms with E-state index in [9.17, 15) is 0 Å². The van der Waals surface area contributed by atoms with E-state index in [1.807, 2.05) is 61.0 Å². The summed E-state index contributed by atoms with van der Waals surface area (Å²) < 4.78 is 13.9. The molecule has 0 radical (unpaired) electrons. The maximum atomic E-state index is 6.12. The molecular formula is C21H20N4O2. The van der Waals surface area contributed by atoms with Crippen molar-refractivity contribution in [3.05, 3.63) is 60.3 Å². The molecule has 1 aliphatic rings. The zero-order valence-corrected chi connectivity index (χ0v) is 15.3. The topological polar surface area (TPSA) is 51.9 Å². The van der Waals surface area contributed by atoms with Crippen molar-refractivity contribution in [1.29, 1.82) is 0 Å². The summed E-state index contributed by atoms with van der Waals surface area (Å²) in [5.74, 6) is 2.51. The molecule has 0 fully saturated rings. The lowest BCUT2D eigenvalue weighted by Crippen LogP contribution is -2.39. The maximum Gasteiger partial charge on any atom is 0.161 e. The van der Waals surface area contributed by atoms with E-state index in [0.717, 1.165) is 39.6 Å². The first-order chi connectivity index (χ1) is 13.2. The highest BCUT2D eigenvalue weighted by atomic mass is 16.6. The minimum absolute atomic E-state index is 0.0617. The quantitative estimate of drug-likeness (QED) is 0.560. The maximum absolute atomic E-state index is 6.12. The Morgan fingerprint density at radius 3 is 2.78 bits per heavy atom. The van der Waals surface area contributed by atoms with Crippen molar-refractivity contribution >= 4 is 22.4 Å². The lowest BCUT2D eigenvalue weighted by molar-refractivity contribution is 0.0960. The van der Waals surface area contributed by atoms with Crippen LogP contribution in [-0.4, -0.2) is 40.9 Å². The molecule has 0 saturated carbocycles. The number of ether oxygens (including phenoxy) is 2. The van der Waals surface area contributed by atoms with Gasteiger partial charge in [0.25, 0.3) is 0 Å². The van der Waals surface area contributed by atoms with Crippen molar-refractivity contribution in [3.8, 4) is 11.5 Å². The first-order valence-corrected chi connectivity index (χ1v) is 9.04. The van der Waals surface area contributed by atoms with Gasteiger partial charge in [-0.15, -0.1) is 0 Å². The van der Waals surface area contributed by atoms with Crippen molar-refractivity contribution in [1.82, 2.24) is 14.6 Å². The molecule has 4 aromatic rings. The molecule has 2 aromatic heterocycles. The van der Waals surface area contributed by atoms with E-state index in [-0.39, 0.29) is 6.10 Å². The summed E-state index contributed by atoms with van der Waals surface area (Å²) in [5, 5.41) is 5.64. The summed E-state index contributed by atoms with van der Waals surface area (Å²) in [7, 11) is 2.04. The van der Waals surface area contributed by atoms with E-state index in [2.05, 4.69) is 22.1 Å². The van der Waals surface area contributed by atoms with Gasteiger partial charge in [0.15, 0.2) is 23.3 Å². The Labute approximate surface area is 157 Å². The fourth-order valence-corrected chi connectivity index (χ4v) is 3.59. The van der Waals surface area contributed by atoms with Crippen LogP contribution < -0.4 is 14.4 Å². The number of likely N-dealkylation sites (N-methyl/N-ethyl adjacent to an activating group) is 1. The van der Waals surface area contributed by atoms with Crippen molar-refractivity contribution < 1.29 is 9.47 Å². The second kappa shape index (κ2) is 6.16. The monoisotopic (exact) mass is 360 g/mol. The van der Waals surface area contributed by atoms with Crippen LogP contribution in [0.5, 0.6) is 11.5 Å². The van der Waals surface area contributed by atoms with Crippen LogP contribution in [0, 0.1) is 6.92 Å². The van der Waals surface area contributed by atoms with Gasteiger partial charge in [-0.3, -0.25) is 0 Å². The van der Waals surface area contributed by atoms with E-state index < -0.39 is 0 Å². The average Bonchev–Trinajstić information content (AvgIpc) is 3.07. The number of hydrogen-bond acceptors (Lipinski definition) is 5. The fourth-order valence-electron chi connectivity index (χ4n) is 3.59. The second-order valence-corrected chi connectivity index (χ2v) is 6.89. The van der Waals surface area contributed by atoms with Crippen LogP contribution in [0.1, 0.15) is 5.69 Å². The van der Waals surface area contributed by atoms with E-state index in [1.54, 1.807) is 0 Å². The van der Waals surface area contributed by atoms with Crippen LogP contribution in [0.4, 0.5) is 5.82 Å². The lowest BCUT2D eigenvalue weighted by Gasteiger charge is -2.30. The summed E-state index contributed by atoms with van der Waals surface area (Å²) in [6, 6.07) is 18.0. The van der Waals surface area contributed by atoms with Gasteiger partial charge in [0.1, 0.15) is 12.4 Å². The van der Waals surface area contributed by atoms with E-state index in [4.69, 9.17) is 14.5 Å². The van der Waals surface area contributed by atoms with E-state index in [1.165, 1.54) is 0 Å². The van der Waals surface area contributed by atoms with Crippen LogP contribution in [0.2, 0.25) is 0 Å². The molecule has 0 aliphatic carbocycles. The SMILES string of the molecule is Cc1cc2nc(N(C)C[C@@H]3COc4ccccc4O3)c3ccccc3n2n1. The number of aryl methyl sites for hydroxylation is 1. The average molecular weight is 360 g/mol. The Morgan fingerprint density at radius 1 is 1.11 bits per heavy atom. The fraction of sp³-hybridized carbons (Fsp3) is 0.238. The van der Waals surface area contributed by atoms with Crippen LogP contribution in [0.15, 0.2) is 54.6 Å². The standard InChI is InChI=1S/C21H20N4O2/c1-14-11-20-22-21(16-7-3-4-8-17(16)25(20)23-14)24(2)12-15-13-26-18-9-5-6-10-19(18)27-15/h3-11,15H,12-13H2,1-2H3/t15-/m1/s1. The Balaban J connectivity index is 1.49. The first-order valence-electron chi connectivity index (χ1n) is 9.04. The largest absolute Gasteiger partial charge is 0.486 e. The highest BCUT2D eigenvalue weighted by Crippen LogP contribution is 2.32. The van der Waals surface area contributed by atoms with Gasteiger partial charge < -0.3 is 14.4 Å². The molecule has 136 valence electrons. The van der Waals surface area contributed by atoms with Crippen molar-refractivity contribution in [2.24, 2.45) is 0 Å². The molecular weight excluding hydrogens is 340 g/mol. The number of hydrogen-bond donors (Lipinski definition) is 0. The molecule has 5 rings (SSSR count). The van der Waals surface area contributed by atoms with Gasteiger partial charge in [0.05, 0.1) is 17.8 Å². The third-order valence-corrected chi connectivity index (χ3v) is 4.81. The van der Waals surface area contributed by atoms with E-state index >= 15 is 0 Å². The number of anilines is 1. The van der Waals surface area contributed by atoms with Crippen molar-refractivity contribution in [2.45, 2.75) is 13.0 Å². The Kier molecular flexibility index (Phi) is 3.63. The van der Waals surface area contributed by atoms with Gasteiger partial charge in [-0.2, -0.15) is 5.10 Å². The molecule has 0 unspecified atom stereocenters. The lowest BCUT2D eigenvalue weighted by atomic mass is 10.2. The molecule has 6 nitrogen and oxygen atoms in total. The summed E-state index contributed by atoms with van der Waals surface area (Å²) >= 11 is 0. The highest BCUT2D eigenvalue weighted by Gasteiger charge is 2.23. The van der Waals surface area contributed by atoms with Gasteiger partial charge in [-0.1, -0.05) is 24.3 Å². The smallest absolute Gasteiger partial charge is 0.161 e. The summed E-state index contributed by atoms with van der Waals surface area (Å²) in [5.41, 5.74) is 2.84. The second-order valence-electron chi connectivity index (χ2n) is 6.89. The van der Waals surface area contributed by atoms with Crippen molar-refractivity contribution in [3.63, 3.8) is 0 Å². The first kappa shape index (κ1) is 15.9. The molecule has 1 aliphatic heterocycles. The number of rotatable bonds is 3.